The number of amides is 1. The Bertz CT molecular complexity index is 480. The minimum absolute atomic E-state index is 0.0466. The van der Waals surface area contributed by atoms with E-state index in [2.05, 4.69) is 10.3 Å². The maximum Gasteiger partial charge on any atom is 0.254 e. The van der Waals surface area contributed by atoms with Crippen LogP contribution in [-0.2, 0) is 26.9 Å². The fourth-order valence-electron chi connectivity index (χ4n) is 2.45. The molecule has 0 bridgehead atoms. The fourth-order valence-corrected chi connectivity index (χ4v) is 2.45. The normalized spacial score (nSPS) is 28.9. The number of hydrogen-bond donors (Lipinski definition) is 0. The molecule has 3 heterocycles. The lowest BCUT2D eigenvalue weighted by molar-refractivity contribution is -0.167. The third-order valence-electron chi connectivity index (χ3n) is 3.73. The van der Waals surface area contributed by atoms with Crippen LogP contribution in [0.4, 0.5) is 0 Å². The van der Waals surface area contributed by atoms with E-state index < -0.39 is 5.60 Å². The highest BCUT2D eigenvalue weighted by molar-refractivity contribution is 5.84. The number of aryl methyl sites for hydroxylation is 1. The van der Waals surface area contributed by atoms with Gasteiger partial charge in [-0.2, -0.15) is 0 Å². The Morgan fingerprint density at radius 1 is 1.61 bits per heavy atom. The minimum atomic E-state index is -0.480. The van der Waals surface area contributed by atoms with Gasteiger partial charge in [-0.25, -0.2) is 4.68 Å². The molecule has 18 heavy (non-hydrogen) atoms. The summed E-state index contributed by atoms with van der Waals surface area (Å²) < 4.78 is 12.4. The van der Waals surface area contributed by atoms with E-state index in [4.69, 9.17) is 9.47 Å². The SMILES string of the molecule is COC1(c2cnnn2C)CN(C(=O)[C@@H]2O[C@H]2C)C1. The van der Waals surface area contributed by atoms with Crippen LogP contribution in [0.25, 0.3) is 0 Å². The molecule has 0 aromatic carbocycles. The predicted octanol–water partition coefficient (Wildman–Crippen LogP) is -0.714. The molecule has 0 spiro atoms. The Labute approximate surface area is 105 Å². The van der Waals surface area contributed by atoms with Crippen molar-refractivity contribution < 1.29 is 14.3 Å². The van der Waals surface area contributed by atoms with Gasteiger partial charge in [-0.15, -0.1) is 5.10 Å². The number of hydrogen-bond acceptors (Lipinski definition) is 5. The Hall–Kier alpha value is -1.47. The molecule has 0 unspecified atom stereocenters. The van der Waals surface area contributed by atoms with Gasteiger partial charge in [0.05, 0.1) is 31.1 Å². The van der Waals surface area contributed by atoms with E-state index in [9.17, 15) is 4.79 Å². The van der Waals surface area contributed by atoms with Gasteiger partial charge in [-0.3, -0.25) is 4.79 Å². The van der Waals surface area contributed by atoms with Crippen molar-refractivity contribution in [2.75, 3.05) is 20.2 Å². The van der Waals surface area contributed by atoms with Crippen LogP contribution >= 0.6 is 0 Å². The number of methoxy groups -OCH3 is 1. The van der Waals surface area contributed by atoms with Gasteiger partial charge in [0.25, 0.3) is 5.91 Å². The van der Waals surface area contributed by atoms with E-state index in [1.165, 1.54) is 0 Å². The van der Waals surface area contributed by atoms with Crippen molar-refractivity contribution in [3.63, 3.8) is 0 Å². The van der Waals surface area contributed by atoms with Gasteiger partial charge in [0.15, 0.2) is 6.10 Å². The van der Waals surface area contributed by atoms with Crippen LogP contribution in [0, 0.1) is 0 Å². The van der Waals surface area contributed by atoms with Gasteiger partial charge < -0.3 is 14.4 Å². The summed E-state index contributed by atoms with van der Waals surface area (Å²) in [4.78, 5) is 13.7. The van der Waals surface area contributed by atoms with E-state index in [1.54, 1.807) is 22.9 Å². The highest BCUT2D eigenvalue weighted by atomic mass is 16.6. The maximum absolute atomic E-state index is 12.0. The number of rotatable bonds is 3. The topological polar surface area (TPSA) is 72.8 Å². The first kappa shape index (κ1) is 11.6. The van der Waals surface area contributed by atoms with E-state index in [1.807, 2.05) is 14.0 Å². The molecule has 1 amide bonds. The highest BCUT2D eigenvalue weighted by Gasteiger charge is 2.53. The van der Waals surface area contributed by atoms with Crippen molar-refractivity contribution in [3.05, 3.63) is 11.9 Å². The molecule has 2 saturated heterocycles. The second kappa shape index (κ2) is 3.76. The van der Waals surface area contributed by atoms with E-state index in [0.29, 0.717) is 13.1 Å². The summed E-state index contributed by atoms with van der Waals surface area (Å²) in [5.41, 5.74) is 0.408. The Morgan fingerprint density at radius 2 is 2.28 bits per heavy atom. The van der Waals surface area contributed by atoms with Gasteiger partial charge >= 0.3 is 0 Å². The molecule has 1 aromatic heterocycles. The third kappa shape index (κ3) is 1.54. The number of likely N-dealkylation sites (tertiary alicyclic amines) is 1. The lowest BCUT2D eigenvalue weighted by Crippen LogP contribution is -2.63. The molecule has 3 rings (SSSR count). The summed E-state index contributed by atoms with van der Waals surface area (Å²) in [6, 6.07) is 0. The zero-order valence-electron chi connectivity index (χ0n) is 10.7. The molecule has 2 fully saturated rings. The molecular formula is C11H16N4O3. The van der Waals surface area contributed by atoms with Crippen molar-refractivity contribution in [1.82, 2.24) is 19.9 Å². The monoisotopic (exact) mass is 252 g/mol. The number of aromatic nitrogens is 3. The summed E-state index contributed by atoms with van der Waals surface area (Å²) in [5, 5.41) is 7.75. The number of ether oxygens (including phenoxy) is 2. The minimum Gasteiger partial charge on any atom is -0.368 e. The van der Waals surface area contributed by atoms with Crippen LogP contribution in [0.2, 0.25) is 0 Å². The molecule has 0 aliphatic carbocycles. The number of epoxide rings is 1. The standard InChI is InChI=1S/C11H16N4O3/c1-7-9(18-7)10(16)15-5-11(6-15,17-3)8-4-12-13-14(8)2/h4,7,9H,5-6H2,1-3H3/t7-,9+/m0/s1. The number of carbonyl (C=O) groups excluding carboxylic acids is 1. The predicted molar refractivity (Wildman–Crippen MR) is 60.6 cm³/mol. The Balaban J connectivity index is 1.72. The fraction of sp³-hybridized carbons (Fsp3) is 0.727. The molecule has 2 aliphatic heterocycles. The van der Waals surface area contributed by atoms with E-state index in [-0.39, 0.29) is 18.1 Å². The van der Waals surface area contributed by atoms with Crippen LogP contribution < -0.4 is 0 Å². The van der Waals surface area contributed by atoms with Crippen LogP contribution in [-0.4, -0.2) is 58.2 Å². The zero-order valence-corrected chi connectivity index (χ0v) is 10.7. The van der Waals surface area contributed by atoms with Gasteiger partial charge in [0, 0.05) is 14.2 Å². The van der Waals surface area contributed by atoms with Gasteiger partial charge in [0.1, 0.15) is 5.60 Å². The molecule has 1 aromatic rings. The molecule has 0 radical (unpaired) electrons. The first-order valence-electron chi connectivity index (χ1n) is 5.92. The molecule has 0 saturated carbocycles. The second-order valence-corrected chi connectivity index (χ2v) is 4.90. The smallest absolute Gasteiger partial charge is 0.254 e. The van der Waals surface area contributed by atoms with Gasteiger partial charge in [-0.1, -0.05) is 5.21 Å². The molecular weight excluding hydrogens is 236 g/mol. The second-order valence-electron chi connectivity index (χ2n) is 4.90. The van der Waals surface area contributed by atoms with Crippen molar-refractivity contribution in [2.45, 2.75) is 24.7 Å². The van der Waals surface area contributed by atoms with Crippen molar-refractivity contribution >= 4 is 5.91 Å². The lowest BCUT2D eigenvalue weighted by atomic mass is 9.89. The van der Waals surface area contributed by atoms with Crippen LogP contribution in [0.15, 0.2) is 6.20 Å². The van der Waals surface area contributed by atoms with Gasteiger partial charge in [-0.05, 0) is 6.92 Å². The van der Waals surface area contributed by atoms with Crippen LogP contribution in [0.3, 0.4) is 0 Å². The van der Waals surface area contributed by atoms with Crippen LogP contribution in [0.1, 0.15) is 12.6 Å². The zero-order chi connectivity index (χ0) is 12.9. The summed E-state index contributed by atoms with van der Waals surface area (Å²) in [7, 11) is 3.46. The molecule has 2 atom stereocenters. The molecule has 7 heteroatoms. The summed E-state index contributed by atoms with van der Waals surface area (Å²) in [5.74, 6) is 0.0466. The Morgan fingerprint density at radius 3 is 2.72 bits per heavy atom. The lowest BCUT2D eigenvalue weighted by Gasteiger charge is -2.48. The first-order chi connectivity index (χ1) is 8.57. The van der Waals surface area contributed by atoms with Crippen LogP contribution in [0.5, 0.6) is 0 Å². The van der Waals surface area contributed by atoms with Gasteiger partial charge in [0.2, 0.25) is 0 Å². The van der Waals surface area contributed by atoms with E-state index >= 15 is 0 Å². The average Bonchev–Trinajstić information content (AvgIpc) is 2.87. The Kier molecular flexibility index (Phi) is 2.43. The van der Waals surface area contributed by atoms with E-state index in [0.717, 1.165) is 5.69 Å². The summed E-state index contributed by atoms with van der Waals surface area (Å²) in [6.07, 6.45) is 1.47. The quantitative estimate of drug-likeness (QED) is 0.664. The van der Waals surface area contributed by atoms with Crippen molar-refractivity contribution in [3.8, 4) is 0 Å². The summed E-state index contributed by atoms with van der Waals surface area (Å²) in [6.45, 7) is 2.95. The molecule has 7 nitrogen and oxygen atoms in total. The first-order valence-corrected chi connectivity index (χ1v) is 5.92. The largest absolute Gasteiger partial charge is 0.368 e. The summed E-state index contributed by atoms with van der Waals surface area (Å²) >= 11 is 0. The maximum atomic E-state index is 12.0. The highest BCUT2D eigenvalue weighted by Crippen LogP contribution is 2.37. The molecule has 0 N–H and O–H groups in total. The molecule has 2 aliphatic rings. The average molecular weight is 252 g/mol. The molecule has 98 valence electrons. The van der Waals surface area contributed by atoms with Crippen molar-refractivity contribution in [2.24, 2.45) is 7.05 Å². The van der Waals surface area contributed by atoms with Crippen molar-refractivity contribution in [1.29, 1.82) is 0 Å². The third-order valence-corrected chi connectivity index (χ3v) is 3.73. The number of nitrogens with zero attached hydrogens (tertiary/aromatic N) is 4. The number of carbonyl (C=O) groups is 1.